The van der Waals surface area contributed by atoms with Gasteiger partial charge in [0.2, 0.25) is 5.91 Å². The van der Waals surface area contributed by atoms with E-state index in [1.54, 1.807) is 4.68 Å². The van der Waals surface area contributed by atoms with E-state index in [0.717, 1.165) is 24.1 Å². The van der Waals surface area contributed by atoms with Crippen LogP contribution in [-0.2, 0) is 18.3 Å². The molecule has 3 atom stereocenters. The van der Waals surface area contributed by atoms with Gasteiger partial charge in [0.05, 0.1) is 12.0 Å². The molecule has 0 spiro atoms. The number of amides is 2. The summed E-state index contributed by atoms with van der Waals surface area (Å²) in [7, 11) is 1.83. The van der Waals surface area contributed by atoms with Crippen LogP contribution in [0.2, 0.25) is 0 Å². The Morgan fingerprint density at radius 1 is 1.28 bits per heavy atom. The van der Waals surface area contributed by atoms with E-state index in [-0.39, 0.29) is 37.0 Å². The third-order valence-corrected chi connectivity index (χ3v) is 6.52. The number of aliphatic hydroxyl groups is 1. The second kappa shape index (κ2) is 7.63. The lowest BCUT2D eigenvalue weighted by Gasteiger charge is -2.36. The summed E-state index contributed by atoms with van der Waals surface area (Å²) >= 11 is 0. The largest absolute Gasteiger partial charge is 0.395 e. The van der Waals surface area contributed by atoms with Gasteiger partial charge in [0.1, 0.15) is 0 Å². The minimum Gasteiger partial charge on any atom is -0.395 e. The number of rotatable bonds is 6. The lowest BCUT2D eigenvalue weighted by atomic mass is 9.69. The number of aromatic nitrogens is 2. The van der Waals surface area contributed by atoms with Gasteiger partial charge in [0.25, 0.3) is 5.91 Å². The number of carbonyl (C=O) groups is 2. The van der Waals surface area contributed by atoms with Crippen LogP contribution in [0, 0.1) is 12.3 Å². The molecule has 7 heteroatoms. The minimum atomic E-state index is -0.682. The lowest BCUT2D eigenvalue weighted by molar-refractivity contribution is -0.132. The van der Waals surface area contributed by atoms with Gasteiger partial charge in [-0.1, -0.05) is 30.3 Å². The maximum atomic E-state index is 13.3. The van der Waals surface area contributed by atoms with Crippen molar-refractivity contribution in [2.45, 2.75) is 44.7 Å². The summed E-state index contributed by atoms with van der Waals surface area (Å²) in [6, 6.07) is 11.7. The molecule has 154 valence electrons. The Morgan fingerprint density at radius 3 is 2.69 bits per heavy atom. The van der Waals surface area contributed by atoms with Crippen LogP contribution in [0.5, 0.6) is 0 Å². The van der Waals surface area contributed by atoms with Crippen LogP contribution >= 0.6 is 0 Å². The normalized spacial score (nSPS) is 25.4. The summed E-state index contributed by atoms with van der Waals surface area (Å²) in [4.78, 5) is 28.5. The SMILES string of the molecule is Cc1cc(C(=O)N2[C@@H]3CC[C@H]2[C@@](Cc2ccccc2)(C(=O)NCCO)C3)nn1C. The van der Waals surface area contributed by atoms with E-state index in [4.69, 9.17) is 0 Å². The number of hydrogen-bond acceptors (Lipinski definition) is 4. The average molecular weight is 396 g/mol. The van der Waals surface area contributed by atoms with Crippen molar-refractivity contribution in [1.82, 2.24) is 20.0 Å². The standard InChI is InChI=1S/C22H28N4O3/c1-15-12-18(24-25(15)2)20(28)26-17-8-9-19(26)22(14-17,21(29)23-10-11-27)13-16-6-4-3-5-7-16/h3-7,12,17,19,27H,8-11,13-14H2,1-2H3,(H,23,29)/t17-,19+,22+/m1/s1. The molecule has 2 bridgehead atoms. The highest BCUT2D eigenvalue weighted by molar-refractivity contribution is 5.95. The molecule has 2 fully saturated rings. The molecule has 2 amide bonds. The Hall–Kier alpha value is -2.67. The summed E-state index contributed by atoms with van der Waals surface area (Å²) in [5.74, 6) is -0.163. The second-order valence-electron chi connectivity index (χ2n) is 8.26. The zero-order valence-electron chi connectivity index (χ0n) is 17.0. The smallest absolute Gasteiger partial charge is 0.274 e. The summed E-state index contributed by atoms with van der Waals surface area (Å²) < 4.78 is 1.70. The molecule has 29 heavy (non-hydrogen) atoms. The van der Waals surface area contributed by atoms with Gasteiger partial charge in [-0.2, -0.15) is 5.10 Å². The van der Waals surface area contributed by atoms with Crippen LogP contribution in [-0.4, -0.2) is 56.8 Å². The Bertz CT molecular complexity index is 891. The van der Waals surface area contributed by atoms with Crippen molar-refractivity contribution in [3.8, 4) is 0 Å². The average Bonchev–Trinajstić information content (AvgIpc) is 3.38. The summed E-state index contributed by atoms with van der Waals surface area (Å²) in [6.07, 6.45) is 2.94. The van der Waals surface area contributed by atoms with Gasteiger partial charge in [-0.3, -0.25) is 14.3 Å². The van der Waals surface area contributed by atoms with Crippen molar-refractivity contribution in [1.29, 1.82) is 0 Å². The Labute approximate surface area is 170 Å². The number of aliphatic hydroxyl groups excluding tert-OH is 1. The molecule has 0 radical (unpaired) electrons. The topological polar surface area (TPSA) is 87.5 Å². The molecule has 3 heterocycles. The monoisotopic (exact) mass is 396 g/mol. The third-order valence-electron chi connectivity index (χ3n) is 6.52. The lowest BCUT2D eigenvalue weighted by Crippen LogP contribution is -2.51. The first-order valence-corrected chi connectivity index (χ1v) is 10.2. The van der Waals surface area contributed by atoms with Crippen molar-refractivity contribution in [2.75, 3.05) is 13.2 Å². The van der Waals surface area contributed by atoms with E-state index in [2.05, 4.69) is 10.4 Å². The predicted octanol–water partition coefficient (Wildman–Crippen LogP) is 1.44. The third kappa shape index (κ3) is 3.33. The Kier molecular flexibility index (Phi) is 5.17. The first-order valence-electron chi connectivity index (χ1n) is 10.2. The zero-order chi connectivity index (χ0) is 20.6. The minimum absolute atomic E-state index is 0.0402. The van der Waals surface area contributed by atoms with Gasteiger partial charge in [-0.05, 0) is 44.2 Å². The molecule has 0 saturated carbocycles. The van der Waals surface area contributed by atoms with Crippen LogP contribution in [0.1, 0.15) is 41.0 Å². The fourth-order valence-electron chi connectivity index (χ4n) is 5.11. The van der Waals surface area contributed by atoms with E-state index < -0.39 is 5.41 Å². The van der Waals surface area contributed by atoms with Crippen molar-refractivity contribution in [3.63, 3.8) is 0 Å². The van der Waals surface area contributed by atoms with Gasteiger partial charge in [0.15, 0.2) is 5.69 Å². The van der Waals surface area contributed by atoms with Crippen molar-refractivity contribution in [3.05, 3.63) is 53.3 Å². The fraction of sp³-hybridized carbons (Fsp3) is 0.500. The zero-order valence-corrected chi connectivity index (χ0v) is 17.0. The van der Waals surface area contributed by atoms with Gasteiger partial charge in [-0.15, -0.1) is 0 Å². The number of carbonyl (C=O) groups excluding carboxylic acids is 2. The van der Waals surface area contributed by atoms with E-state index in [0.29, 0.717) is 18.5 Å². The Morgan fingerprint density at radius 2 is 2.03 bits per heavy atom. The second-order valence-corrected chi connectivity index (χ2v) is 8.26. The summed E-state index contributed by atoms with van der Waals surface area (Å²) in [6.45, 7) is 2.04. The van der Waals surface area contributed by atoms with Crippen molar-refractivity contribution < 1.29 is 14.7 Å². The van der Waals surface area contributed by atoms with E-state index in [9.17, 15) is 14.7 Å². The summed E-state index contributed by atoms with van der Waals surface area (Å²) in [5, 5.41) is 16.4. The van der Waals surface area contributed by atoms with Crippen LogP contribution in [0.4, 0.5) is 0 Å². The van der Waals surface area contributed by atoms with Crippen molar-refractivity contribution in [2.24, 2.45) is 12.5 Å². The highest BCUT2D eigenvalue weighted by atomic mass is 16.3. The number of aryl methyl sites for hydroxylation is 2. The quantitative estimate of drug-likeness (QED) is 0.774. The molecule has 2 N–H and O–H groups in total. The first-order chi connectivity index (χ1) is 14.0. The first kappa shape index (κ1) is 19.6. The van der Waals surface area contributed by atoms with Crippen LogP contribution in [0.3, 0.4) is 0 Å². The fourth-order valence-corrected chi connectivity index (χ4v) is 5.11. The number of nitrogens with one attached hydrogen (secondary N) is 1. The number of hydrogen-bond donors (Lipinski definition) is 2. The molecule has 4 rings (SSSR count). The van der Waals surface area contributed by atoms with Crippen LogP contribution in [0.15, 0.2) is 36.4 Å². The molecule has 1 aromatic heterocycles. The van der Waals surface area contributed by atoms with Crippen LogP contribution in [0.25, 0.3) is 0 Å². The molecule has 2 aliphatic rings. The molecule has 2 aliphatic heterocycles. The molecule has 7 nitrogen and oxygen atoms in total. The highest BCUT2D eigenvalue weighted by Gasteiger charge is 2.61. The van der Waals surface area contributed by atoms with Crippen LogP contribution < -0.4 is 5.32 Å². The maximum Gasteiger partial charge on any atom is 0.274 e. The van der Waals surface area contributed by atoms with E-state index in [1.807, 2.05) is 55.3 Å². The summed E-state index contributed by atoms with van der Waals surface area (Å²) in [5.41, 5.74) is 1.77. The number of benzene rings is 1. The molecular formula is C22H28N4O3. The van der Waals surface area contributed by atoms with E-state index in [1.165, 1.54) is 0 Å². The van der Waals surface area contributed by atoms with E-state index >= 15 is 0 Å². The molecule has 0 aliphatic carbocycles. The maximum absolute atomic E-state index is 13.3. The number of nitrogens with zero attached hydrogens (tertiary/aromatic N) is 3. The molecule has 1 aromatic carbocycles. The molecule has 2 saturated heterocycles. The van der Waals surface area contributed by atoms with Gasteiger partial charge >= 0.3 is 0 Å². The van der Waals surface area contributed by atoms with Gasteiger partial charge in [0, 0.05) is 31.4 Å². The number of fused-ring (bicyclic) bond motifs is 2. The predicted molar refractivity (Wildman–Crippen MR) is 108 cm³/mol. The molecule has 2 aromatic rings. The van der Waals surface area contributed by atoms with Crippen molar-refractivity contribution >= 4 is 11.8 Å². The highest BCUT2D eigenvalue weighted by Crippen LogP contribution is 2.52. The molecule has 0 unspecified atom stereocenters. The Balaban J connectivity index is 1.67. The molecular weight excluding hydrogens is 368 g/mol. The van der Waals surface area contributed by atoms with Gasteiger partial charge in [-0.25, -0.2) is 0 Å². The van der Waals surface area contributed by atoms with Gasteiger partial charge < -0.3 is 15.3 Å².